The van der Waals surface area contributed by atoms with Crippen molar-refractivity contribution in [3.05, 3.63) is 58.1 Å². The van der Waals surface area contributed by atoms with E-state index in [1.165, 1.54) is 29.8 Å². The van der Waals surface area contributed by atoms with Gasteiger partial charge in [-0.25, -0.2) is 0 Å². The van der Waals surface area contributed by atoms with Gasteiger partial charge in [-0.1, -0.05) is 40.2 Å². The molecule has 1 unspecified atom stereocenters. The van der Waals surface area contributed by atoms with E-state index in [1.54, 1.807) is 6.92 Å². The number of aliphatic hydroxyl groups is 1. The summed E-state index contributed by atoms with van der Waals surface area (Å²) in [7, 11) is 0. The number of hydrogen-bond donors (Lipinski definition) is 1. The third-order valence-electron chi connectivity index (χ3n) is 4.11. The second kappa shape index (κ2) is 6.20. The molecule has 1 atom stereocenters. The van der Waals surface area contributed by atoms with Gasteiger partial charge in [0.2, 0.25) is 0 Å². The lowest BCUT2D eigenvalue weighted by atomic mass is 10.1. The summed E-state index contributed by atoms with van der Waals surface area (Å²) in [5.41, 5.74) is 4.85. The lowest BCUT2D eigenvalue weighted by Crippen LogP contribution is -2.18. The maximum Gasteiger partial charge on any atom is 0.0772 e. The van der Waals surface area contributed by atoms with Crippen molar-refractivity contribution in [3.63, 3.8) is 0 Å². The summed E-state index contributed by atoms with van der Waals surface area (Å²) in [6.07, 6.45) is 3.13. The highest BCUT2D eigenvalue weighted by atomic mass is 79.9. The van der Waals surface area contributed by atoms with Crippen LogP contribution in [0.3, 0.4) is 0 Å². The van der Waals surface area contributed by atoms with Crippen molar-refractivity contribution >= 4 is 27.3 Å². The van der Waals surface area contributed by atoms with Crippen LogP contribution in [0.4, 0.5) is 11.4 Å². The van der Waals surface area contributed by atoms with Crippen LogP contribution in [0.5, 0.6) is 0 Å². The third-order valence-corrected chi connectivity index (χ3v) is 4.79. The van der Waals surface area contributed by atoms with Crippen LogP contribution in [0.1, 0.15) is 37.0 Å². The Labute approximate surface area is 134 Å². The number of para-hydroxylation sites is 1. The molecule has 3 rings (SSSR count). The maximum absolute atomic E-state index is 9.76. The molecule has 0 saturated carbocycles. The van der Waals surface area contributed by atoms with Crippen molar-refractivity contribution in [2.24, 2.45) is 0 Å². The van der Waals surface area contributed by atoms with Gasteiger partial charge >= 0.3 is 0 Å². The van der Waals surface area contributed by atoms with Gasteiger partial charge < -0.3 is 10.0 Å². The summed E-state index contributed by atoms with van der Waals surface area (Å²) < 4.78 is 0.969. The van der Waals surface area contributed by atoms with Crippen molar-refractivity contribution in [2.75, 3.05) is 11.4 Å². The SMILES string of the molecule is CC(O)c1ccc(N2CCCCc3ccccc32)cc1Br. The van der Waals surface area contributed by atoms with Crippen LogP contribution < -0.4 is 4.90 Å². The van der Waals surface area contributed by atoms with Gasteiger partial charge in [0, 0.05) is 22.4 Å². The summed E-state index contributed by atoms with van der Waals surface area (Å²) in [6.45, 7) is 2.83. The number of aryl methyl sites for hydroxylation is 1. The average Bonchev–Trinajstić information content (AvgIpc) is 2.69. The molecule has 0 amide bonds. The number of halogens is 1. The number of aliphatic hydroxyl groups excluding tert-OH is 1. The minimum atomic E-state index is -0.454. The molecule has 21 heavy (non-hydrogen) atoms. The Balaban J connectivity index is 2.02. The Kier molecular flexibility index (Phi) is 4.32. The van der Waals surface area contributed by atoms with Crippen molar-refractivity contribution < 1.29 is 5.11 Å². The van der Waals surface area contributed by atoms with Crippen LogP contribution in [0.2, 0.25) is 0 Å². The molecule has 0 bridgehead atoms. The maximum atomic E-state index is 9.76. The standard InChI is InChI=1S/C18H20BrNO/c1-13(21)16-10-9-15(12-17(16)19)20-11-5-4-7-14-6-2-3-8-18(14)20/h2-3,6,8-10,12-13,21H,4-5,7,11H2,1H3. The molecule has 0 fully saturated rings. The third kappa shape index (κ3) is 2.99. The van der Waals surface area contributed by atoms with E-state index in [-0.39, 0.29) is 0 Å². The molecule has 1 aliphatic rings. The molecule has 0 radical (unpaired) electrons. The molecule has 1 aliphatic heterocycles. The second-order valence-corrected chi connectivity index (χ2v) is 6.47. The van der Waals surface area contributed by atoms with Crippen molar-refractivity contribution in [1.29, 1.82) is 0 Å². The van der Waals surface area contributed by atoms with Crippen molar-refractivity contribution in [2.45, 2.75) is 32.3 Å². The Bertz CT molecular complexity index is 639. The van der Waals surface area contributed by atoms with E-state index in [4.69, 9.17) is 0 Å². The van der Waals surface area contributed by atoms with Gasteiger partial charge in [0.15, 0.2) is 0 Å². The molecule has 1 N–H and O–H groups in total. The van der Waals surface area contributed by atoms with E-state index in [9.17, 15) is 5.11 Å². The van der Waals surface area contributed by atoms with Gasteiger partial charge in [-0.3, -0.25) is 0 Å². The van der Waals surface area contributed by atoms with Gasteiger partial charge in [0.05, 0.1) is 6.10 Å². The smallest absolute Gasteiger partial charge is 0.0772 e. The second-order valence-electron chi connectivity index (χ2n) is 5.62. The van der Waals surface area contributed by atoms with Crippen LogP contribution in [0.15, 0.2) is 46.9 Å². The quantitative estimate of drug-likeness (QED) is 0.829. The first-order chi connectivity index (χ1) is 10.2. The Hall–Kier alpha value is -1.32. The summed E-state index contributed by atoms with van der Waals surface area (Å²) in [5.74, 6) is 0. The molecule has 2 aromatic carbocycles. The van der Waals surface area contributed by atoms with Crippen LogP contribution in [-0.4, -0.2) is 11.7 Å². The molecular weight excluding hydrogens is 326 g/mol. The van der Waals surface area contributed by atoms with E-state index < -0.39 is 6.10 Å². The summed E-state index contributed by atoms with van der Waals surface area (Å²) in [6, 6.07) is 14.9. The van der Waals surface area contributed by atoms with E-state index in [0.717, 1.165) is 23.0 Å². The average molecular weight is 346 g/mol. The number of fused-ring (bicyclic) bond motifs is 1. The van der Waals surface area contributed by atoms with Crippen LogP contribution in [0.25, 0.3) is 0 Å². The number of benzene rings is 2. The van der Waals surface area contributed by atoms with Gasteiger partial charge in [0.25, 0.3) is 0 Å². The Morgan fingerprint density at radius 3 is 2.71 bits per heavy atom. The predicted molar refractivity (Wildman–Crippen MR) is 91.2 cm³/mol. The topological polar surface area (TPSA) is 23.5 Å². The monoisotopic (exact) mass is 345 g/mol. The van der Waals surface area contributed by atoms with Gasteiger partial charge in [-0.05, 0) is 55.5 Å². The number of rotatable bonds is 2. The molecule has 2 nitrogen and oxygen atoms in total. The van der Waals surface area contributed by atoms with Gasteiger partial charge in [0.1, 0.15) is 0 Å². The first-order valence-electron chi connectivity index (χ1n) is 7.50. The summed E-state index contributed by atoms with van der Waals surface area (Å²) >= 11 is 3.59. The highest BCUT2D eigenvalue weighted by Crippen LogP contribution is 2.35. The molecule has 0 spiro atoms. The summed E-state index contributed by atoms with van der Waals surface area (Å²) in [4.78, 5) is 2.39. The molecule has 2 aromatic rings. The minimum Gasteiger partial charge on any atom is -0.389 e. The largest absolute Gasteiger partial charge is 0.389 e. The summed E-state index contributed by atoms with van der Waals surface area (Å²) in [5, 5.41) is 9.76. The molecule has 1 heterocycles. The molecule has 0 aromatic heterocycles. The van der Waals surface area contributed by atoms with Gasteiger partial charge in [-0.2, -0.15) is 0 Å². The molecule has 0 saturated heterocycles. The minimum absolute atomic E-state index is 0.454. The molecular formula is C18H20BrNO. The predicted octanol–water partition coefficient (Wildman–Crippen LogP) is 4.98. The lowest BCUT2D eigenvalue weighted by Gasteiger charge is -2.26. The zero-order valence-electron chi connectivity index (χ0n) is 12.2. The van der Waals surface area contributed by atoms with E-state index in [2.05, 4.69) is 57.2 Å². The van der Waals surface area contributed by atoms with Crippen LogP contribution in [-0.2, 0) is 6.42 Å². The van der Waals surface area contributed by atoms with Crippen molar-refractivity contribution in [3.8, 4) is 0 Å². The van der Waals surface area contributed by atoms with E-state index >= 15 is 0 Å². The van der Waals surface area contributed by atoms with Crippen LogP contribution >= 0.6 is 15.9 Å². The normalized spacial score (nSPS) is 16.2. The van der Waals surface area contributed by atoms with Gasteiger partial charge in [-0.15, -0.1) is 0 Å². The zero-order valence-corrected chi connectivity index (χ0v) is 13.8. The van der Waals surface area contributed by atoms with E-state index in [1.807, 2.05) is 6.07 Å². The highest BCUT2D eigenvalue weighted by Gasteiger charge is 2.17. The molecule has 0 aliphatic carbocycles. The highest BCUT2D eigenvalue weighted by molar-refractivity contribution is 9.10. The number of nitrogens with zero attached hydrogens (tertiary/aromatic N) is 1. The first kappa shape index (κ1) is 14.6. The number of anilines is 2. The first-order valence-corrected chi connectivity index (χ1v) is 8.29. The van der Waals surface area contributed by atoms with Crippen molar-refractivity contribution in [1.82, 2.24) is 0 Å². The van der Waals surface area contributed by atoms with Crippen LogP contribution in [0, 0.1) is 0 Å². The lowest BCUT2D eigenvalue weighted by molar-refractivity contribution is 0.198. The fraction of sp³-hybridized carbons (Fsp3) is 0.333. The Morgan fingerprint density at radius 2 is 1.95 bits per heavy atom. The zero-order chi connectivity index (χ0) is 14.8. The molecule has 110 valence electrons. The molecule has 3 heteroatoms. The Morgan fingerprint density at radius 1 is 1.14 bits per heavy atom. The number of hydrogen-bond acceptors (Lipinski definition) is 2. The van der Waals surface area contributed by atoms with E-state index in [0.29, 0.717) is 0 Å². The fourth-order valence-electron chi connectivity index (χ4n) is 2.98. The fourth-order valence-corrected chi connectivity index (χ4v) is 3.68.